The lowest BCUT2D eigenvalue weighted by Gasteiger charge is -2.18. The number of rotatable bonds is 22. The first-order valence-electron chi connectivity index (χ1n) is 15.2. The van der Waals surface area contributed by atoms with Crippen molar-refractivity contribution in [3.8, 4) is 5.75 Å². The number of ether oxygens (including phenoxy) is 2. The standard InChI is InChI=1S/C33H42O11S4/c1-6-43-29(38)24(12-20(3)35)16-47-32(41)26(14-22(5)37)18-48-33(42)27-9-7-8-10-28(27)44-30(39)25(13-21(4)36)17-46-31(40)23(15-45)11-19(2)34/h7-10,23-26,45H,6,11-18H2,1-5H3. The zero-order valence-electron chi connectivity index (χ0n) is 27.6. The first-order chi connectivity index (χ1) is 22.6. The highest BCUT2D eigenvalue weighted by molar-refractivity contribution is 8.15. The fourth-order valence-electron chi connectivity index (χ4n) is 4.27. The molecule has 0 radical (unpaired) electrons. The van der Waals surface area contributed by atoms with Gasteiger partial charge in [0.2, 0.25) is 5.12 Å². The monoisotopic (exact) mass is 742 g/mol. The van der Waals surface area contributed by atoms with Gasteiger partial charge in [-0.25, -0.2) is 0 Å². The van der Waals surface area contributed by atoms with E-state index >= 15 is 0 Å². The average Bonchev–Trinajstić information content (AvgIpc) is 3.01. The minimum atomic E-state index is -1.01. The Morgan fingerprint density at radius 3 is 1.56 bits per heavy atom. The first kappa shape index (κ1) is 43.3. The SMILES string of the molecule is CCOC(=O)C(CSC(=O)C(CSC(=O)c1ccccc1OC(=O)C(CSC(=O)C(CS)CC(C)=O)CC(C)=O)CC(C)=O)CC(C)=O. The Balaban J connectivity index is 3.03. The molecule has 0 N–H and O–H groups in total. The van der Waals surface area contributed by atoms with Crippen molar-refractivity contribution in [3.05, 3.63) is 29.8 Å². The Labute approximate surface area is 298 Å². The average molecular weight is 743 g/mol. The number of carbonyl (C=O) groups excluding carboxylic acids is 9. The van der Waals surface area contributed by atoms with Crippen molar-refractivity contribution in [2.75, 3.05) is 29.6 Å². The topological polar surface area (TPSA) is 172 Å². The van der Waals surface area contributed by atoms with E-state index in [0.717, 1.165) is 35.3 Å². The van der Waals surface area contributed by atoms with Crippen LogP contribution >= 0.6 is 47.9 Å². The van der Waals surface area contributed by atoms with E-state index < -0.39 is 45.8 Å². The fraction of sp³-hybridized carbons (Fsp3) is 0.545. The van der Waals surface area contributed by atoms with Gasteiger partial charge in [0, 0.05) is 60.5 Å². The quantitative estimate of drug-likeness (QED) is 0.0970. The van der Waals surface area contributed by atoms with Gasteiger partial charge < -0.3 is 28.7 Å². The van der Waals surface area contributed by atoms with E-state index in [2.05, 4.69) is 12.6 Å². The third-order valence-electron chi connectivity index (χ3n) is 6.56. The molecule has 1 aromatic rings. The van der Waals surface area contributed by atoms with E-state index in [-0.39, 0.29) is 94.9 Å². The van der Waals surface area contributed by atoms with Crippen LogP contribution in [0.5, 0.6) is 5.75 Å². The minimum absolute atomic E-state index is 0.00977. The van der Waals surface area contributed by atoms with Crippen LogP contribution in [0.15, 0.2) is 24.3 Å². The molecule has 0 heterocycles. The molecule has 1 aromatic carbocycles. The molecule has 4 unspecified atom stereocenters. The normalized spacial score (nSPS) is 13.4. The van der Waals surface area contributed by atoms with Crippen LogP contribution in [-0.4, -0.2) is 80.0 Å². The van der Waals surface area contributed by atoms with Gasteiger partial charge in [-0.05, 0) is 46.8 Å². The lowest BCUT2D eigenvalue weighted by molar-refractivity contribution is -0.148. The number of hydrogen-bond donors (Lipinski definition) is 1. The zero-order valence-corrected chi connectivity index (χ0v) is 31.0. The number of ketones is 4. The second kappa shape index (κ2) is 22.8. The summed E-state index contributed by atoms with van der Waals surface area (Å²) in [6.07, 6.45) is -0.450. The summed E-state index contributed by atoms with van der Waals surface area (Å²) in [7, 11) is 0. The van der Waals surface area contributed by atoms with Crippen molar-refractivity contribution in [2.45, 2.75) is 60.3 Å². The van der Waals surface area contributed by atoms with E-state index in [1.807, 2.05) is 0 Å². The Morgan fingerprint density at radius 2 is 1.06 bits per heavy atom. The highest BCUT2D eigenvalue weighted by atomic mass is 32.2. The van der Waals surface area contributed by atoms with Crippen LogP contribution in [0.2, 0.25) is 0 Å². The molecule has 0 aromatic heterocycles. The number of esters is 2. The smallest absolute Gasteiger partial charge is 0.315 e. The predicted octanol–water partition coefficient (Wildman–Crippen LogP) is 4.86. The molecule has 0 aliphatic carbocycles. The van der Waals surface area contributed by atoms with Crippen LogP contribution < -0.4 is 4.74 Å². The molecule has 0 aliphatic rings. The van der Waals surface area contributed by atoms with Crippen LogP contribution in [0.3, 0.4) is 0 Å². The van der Waals surface area contributed by atoms with E-state index in [1.54, 1.807) is 19.1 Å². The lowest BCUT2D eigenvalue weighted by atomic mass is 10.1. The van der Waals surface area contributed by atoms with Gasteiger partial charge in [0.25, 0.3) is 0 Å². The molecular weight excluding hydrogens is 701 g/mol. The summed E-state index contributed by atoms with van der Waals surface area (Å²) in [6.45, 7) is 7.05. The van der Waals surface area contributed by atoms with Gasteiger partial charge in [-0.15, -0.1) is 0 Å². The molecule has 15 heteroatoms. The van der Waals surface area contributed by atoms with Gasteiger partial charge >= 0.3 is 11.9 Å². The largest absolute Gasteiger partial charge is 0.466 e. The van der Waals surface area contributed by atoms with Crippen LogP contribution in [0, 0.1) is 23.7 Å². The number of carbonyl (C=O) groups is 9. The maximum Gasteiger partial charge on any atom is 0.315 e. The summed E-state index contributed by atoms with van der Waals surface area (Å²) < 4.78 is 10.6. The van der Waals surface area contributed by atoms with Crippen molar-refractivity contribution < 1.29 is 52.6 Å². The summed E-state index contributed by atoms with van der Waals surface area (Å²) in [5, 5.41) is -1.30. The molecule has 1 rings (SSSR count). The fourth-order valence-corrected chi connectivity index (χ4v) is 7.79. The Morgan fingerprint density at radius 1 is 0.625 bits per heavy atom. The van der Waals surface area contributed by atoms with Crippen LogP contribution in [0.1, 0.15) is 70.7 Å². The Kier molecular flexibility index (Phi) is 20.6. The van der Waals surface area contributed by atoms with E-state index in [9.17, 15) is 43.2 Å². The summed E-state index contributed by atoms with van der Waals surface area (Å²) in [5.74, 6) is -5.94. The molecule has 0 fully saturated rings. The van der Waals surface area contributed by atoms with Crippen LogP contribution in [0.25, 0.3) is 0 Å². The highest BCUT2D eigenvalue weighted by Crippen LogP contribution is 2.29. The maximum atomic E-state index is 13.3. The number of hydrogen-bond acceptors (Lipinski definition) is 15. The van der Waals surface area contributed by atoms with Gasteiger partial charge in [0.05, 0.1) is 24.0 Å². The van der Waals surface area contributed by atoms with Crippen LogP contribution in [-0.2, 0) is 43.1 Å². The molecule has 0 amide bonds. The molecule has 4 atom stereocenters. The summed E-state index contributed by atoms with van der Waals surface area (Å²) >= 11 is 6.50. The molecular formula is C33H42O11S4. The van der Waals surface area contributed by atoms with Gasteiger partial charge in [-0.1, -0.05) is 47.4 Å². The molecule has 0 bridgehead atoms. The van der Waals surface area contributed by atoms with Gasteiger partial charge in [-0.3, -0.25) is 24.0 Å². The molecule has 0 aliphatic heterocycles. The van der Waals surface area contributed by atoms with Gasteiger partial charge in [0.1, 0.15) is 28.9 Å². The predicted molar refractivity (Wildman–Crippen MR) is 189 cm³/mol. The first-order valence-corrected chi connectivity index (χ1v) is 18.7. The summed E-state index contributed by atoms with van der Waals surface area (Å²) in [6, 6.07) is 5.92. The number of para-hydroxylation sites is 1. The Hall–Kier alpha value is -2.75. The van der Waals surface area contributed by atoms with Crippen molar-refractivity contribution in [3.63, 3.8) is 0 Å². The molecule has 0 saturated heterocycles. The molecule has 0 spiro atoms. The summed E-state index contributed by atoms with van der Waals surface area (Å²) in [5.41, 5.74) is 0.0169. The minimum Gasteiger partial charge on any atom is -0.466 e. The van der Waals surface area contributed by atoms with Crippen molar-refractivity contribution >= 4 is 98.3 Å². The van der Waals surface area contributed by atoms with E-state index in [0.29, 0.717) is 0 Å². The lowest BCUT2D eigenvalue weighted by Crippen LogP contribution is -2.27. The second-order valence-electron chi connectivity index (χ2n) is 11.1. The highest BCUT2D eigenvalue weighted by Gasteiger charge is 2.30. The number of thioether (sulfide) groups is 3. The number of Topliss-reactive ketones (excluding diaryl/α,β-unsaturated/α-hetero) is 4. The van der Waals surface area contributed by atoms with E-state index in [1.165, 1.54) is 39.8 Å². The third kappa shape index (κ3) is 16.6. The molecule has 48 heavy (non-hydrogen) atoms. The maximum absolute atomic E-state index is 13.3. The van der Waals surface area contributed by atoms with Crippen molar-refractivity contribution in [1.29, 1.82) is 0 Å². The number of thiol groups is 1. The molecule has 264 valence electrons. The number of benzene rings is 1. The molecule has 0 saturated carbocycles. The van der Waals surface area contributed by atoms with Crippen molar-refractivity contribution in [2.24, 2.45) is 23.7 Å². The second-order valence-corrected chi connectivity index (χ2v) is 14.5. The molecule has 11 nitrogen and oxygen atoms in total. The van der Waals surface area contributed by atoms with Crippen LogP contribution in [0.4, 0.5) is 0 Å². The van der Waals surface area contributed by atoms with E-state index in [4.69, 9.17) is 9.47 Å². The Bertz CT molecular complexity index is 1360. The van der Waals surface area contributed by atoms with Gasteiger partial charge in [0.15, 0.2) is 10.2 Å². The third-order valence-corrected chi connectivity index (χ3v) is 10.4. The zero-order chi connectivity index (χ0) is 36.4. The van der Waals surface area contributed by atoms with Crippen molar-refractivity contribution in [1.82, 2.24) is 0 Å². The summed E-state index contributed by atoms with van der Waals surface area (Å²) in [4.78, 5) is 112. The van der Waals surface area contributed by atoms with Gasteiger partial charge in [-0.2, -0.15) is 12.6 Å².